The maximum atomic E-state index is 4.48. The first kappa shape index (κ1) is 13.1. The molecule has 0 fully saturated rings. The van der Waals surface area contributed by atoms with Gasteiger partial charge >= 0.3 is 0 Å². The Hall–Kier alpha value is -1.33. The van der Waals surface area contributed by atoms with Gasteiger partial charge in [-0.3, -0.25) is 5.10 Å². The second-order valence-electron chi connectivity index (χ2n) is 4.48. The summed E-state index contributed by atoms with van der Waals surface area (Å²) in [5, 5.41) is 8.02. The summed E-state index contributed by atoms with van der Waals surface area (Å²) in [6.07, 6.45) is 0. The monoisotopic (exact) mass is 262 g/mol. The standard InChI is InChI=1S/C13H18N4S/c1-10-4-6-11(7-5-10)12-14-13(16-15-12)18-9-8-17(2)3/h4-7H,8-9H2,1-3H3,(H,14,15,16). The van der Waals surface area contributed by atoms with Gasteiger partial charge in [-0.2, -0.15) is 0 Å². The van der Waals surface area contributed by atoms with E-state index in [1.807, 2.05) is 0 Å². The quantitative estimate of drug-likeness (QED) is 0.841. The van der Waals surface area contributed by atoms with E-state index in [0.29, 0.717) is 0 Å². The van der Waals surface area contributed by atoms with Crippen molar-refractivity contribution in [2.75, 3.05) is 26.4 Å². The maximum absolute atomic E-state index is 4.48. The highest BCUT2D eigenvalue weighted by molar-refractivity contribution is 7.99. The van der Waals surface area contributed by atoms with Gasteiger partial charge < -0.3 is 4.90 Å². The molecule has 0 bridgehead atoms. The van der Waals surface area contributed by atoms with Crippen LogP contribution >= 0.6 is 11.8 Å². The summed E-state index contributed by atoms with van der Waals surface area (Å²) >= 11 is 1.67. The third-order valence-electron chi connectivity index (χ3n) is 2.56. The van der Waals surface area contributed by atoms with Gasteiger partial charge in [-0.15, -0.1) is 5.10 Å². The zero-order valence-electron chi connectivity index (χ0n) is 11.0. The molecule has 0 unspecified atom stereocenters. The molecular weight excluding hydrogens is 244 g/mol. The Balaban J connectivity index is 1.99. The van der Waals surface area contributed by atoms with E-state index in [1.165, 1.54) is 5.56 Å². The van der Waals surface area contributed by atoms with E-state index in [1.54, 1.807) is 11.8 Å². The molecule has 0 saturated carbocycles. The van der Waals surface area contributed by atoms with Gasteiger partial charge in [-0.05, 0) is 21.0 Å². The summed E-state index contributed by atoms with van der Waals surface area (Å²) in [5.41, 5.74) is 2.33. The van der Waals surface area contributed by atoms with Crippen LogP contribution in [0.1, 0.15) is 5.56 Å². The largest absolute Gasteiger partial charge is 0.309 e. The fraction of sp³-hybridized carbons (Fsp3) is 0.385. The van der Waals surface area contributed by atoms with Crippen molar-refractivity contribution in [3.8, 4) is 11.4 Å². The molecule has 0 spiro atoms. The van der Waals surface area contributed by atoms with Crippen molar-refractivity contribution < 1.29 is 0 Å². The molecule has 2 aromatic rings. The molecule has 4 nitrogen and oxygen atoms in total. The lowest BCUT2D eigenvalue weighted by atomic mass is 10.1. The van der Waals surface area contributed by atoms with E-state index in [4.69, 9.17) is 0 Å². The van der Waals surface area contributed by atoms with E-state index in [9.17, 15) is 0 Å². The highest BCUT2D eigenvalue weighted by atomic mass is 32.2. The molecule has 0 radical (unpaired) electrons. The first-order valence-electron chi connectivity index (χ1n) is 5.92. The summed E-state index contributed by atoms with van der Waals surface area (Å²) in [7, 11) is 4.13. The van der Waals surface area contributed by atoms with Crippen molar-refractivity contribution in [3.05, 3.63) is 29.8 Å². The summed E-state index contributed by atoms with van der Waals surface area (Å²) in [4.78, 5) is 6.64. The highest BCUT2D eigenvalue weighted by Gasteiger charge is 2.05. The number of aryl methyl sites for hydroxylation is 1. The average Bonchev–Trinajstić information content (AvgIpc) is 2.78. The average molecular weight is 262 g/mol. The summed E-state index contributed by atoms with van der Waals surface area (Å²) in [6, 6.07) is 8.28. The Bertz CT molecular complexity index is 490. The summed E-state index contributed by atoms with van der Waals surface area (Å²) < 4.78 is 0. The number of nitrogens with one attached hydrogen (secondary N) is 1. The Morgan fingerprint density at radius 3 is 2.61 bits per heavy atom. The van der Waals surface area contributed by atoms with Crippen LogP contribution in [0.2, 0.25) is 0 Å². The number of thioether (sulfide) groups is 1. The molecule has 0 aliphatic rings. The number of aromatic nitrogens is 3. The minimum Gasteiger partial charge on any atom is -0.309 e. The van der Waals surface area contributed by atoms with Crippen molar-refractivity contribution in [3.63, 3.8) is 0 Å². The summed E-state index contributed by atoms with van der Waals surface area (Å²) in [6.45, 7) is 3.10. The van der Waals surface area contributed by atoms with Gasteiger partial charge in [0.05, 0.1) is 0 Å². The van der Waals surface area contributed by atoms with Crippen molar-refractivity contribution in [1.82, 2.24) is 20.1 Å². The molecule has 1 aromatic carbocycles. The molecule has 1 aromatic heterocycles. The molecule has 0 aliphatic heterocycles. The first-order valence-corrected chi connectivity index (χ1v) is 6.90. The number of H-pyrrole nitrogens is 1. The van der Waals surface area contributed by atoms with E-state index in [2.05, 4.69) is 65.4 Å². The molecule has 96 valence electrons. The number of aromatic amines is 1. The summed E-state index contributed by atoms with van der Waals surface area (Å²) in [5.74, 6) is 1.83. The molecule has 2 rings (SSSR count). The number of benzene rings is 1. The van der Waals surface area contributed by atoms with Gasteiger partial charge in [0.25, 0.3) is 0 Å². The third-order valence-corrected chi connectivity index (χ3v) is 3.39. The number of hydrogen-bond acceptors (Lipinski definition) is 4. The van der Waals surface area contributed by atoms with Gasteiger partial charge in [0.1, 0.15) is 0 Å². The zero-order valence-corrected chi connectivity index (χ0v) is 11.8. The molecule has 0 saturated heterocycles. The smallest absolute Gasteiger partial charge is 0.208 e. The second-order valence-corrected chi connectivity index (χ2v) is 5.55. The van der Waals surface area contributed by atoms with Crippen LogP contribution in [0.3, 0.4) is 0 Å². The van der Waals surface area contributed by atoms with Gasteiger partial charge in [0.2, 0.25) is 5.16 Å². The molecule has 1 heterocycles. The lowest BCUT2D eigenvalue weighted by Gasteiger charge is -2.06. The lowest BCUT2D eigenvalue weighted by Crippen LogP contribution is -2.14. The van der Waals surface area contributed by atoms with E-state index in [-0.39, 0.29) is 0 Å². The van der Waals surface area contributed by atoms with Gasteiger partial charge in [0.15, 0.2) is 5.82 Å². The number of hydrogen-bond donors (Lipinski definition) is 1. The first-order chi connectivity index (χ1) is 8.65. The Labute approximate surface area is 112 Å². The van der Waals surface area contributed by atoms with Crippen LogP contribution in [0.25, 0.3) is 11.4 Å². The van der Waals surface area contributed by atoms with E-state index >= 15 is 0 Å². The van der Waals surface area contributed by atoms with Gasteiger partial charge in [-0.25, -0.2) is 4.98 Å². The predicted octanol–water partition coefficient (Wildman–Crippen LogP) is 2.43. The SMILES string of the molecule is Cc1ccc(-c2nc(SCCN(C)C)n[nH]2)cc1. The van der Waals surface area contributed by atoms with E-state index in [0.717, 1.165) is 28.8 Å². The van der Waals surface area contributed by atoms with Crippen LogP contribution in [-0.2, 0) is 0 Å². The minimum absolute atomic E-state index is 0.812. The fourth-order valence-corrected chi connectivity index (χ4v) is 2.38. The minimum atomic E-state index is 0.812. The molecule has 18 heavy (non-hydrogen) atoms. The van der Waals surface area contributed by atoms with E-state index < -0.39 is 0 Å². The Kier molecular flexibility index (Phi) is 4.38. The fourth-order valence-electron chi connectivity index (χ4n) is 1.47. The normalized spacial score (nSPS) is 11.1. The molecule has 0 amide bonds. The van der Waals surface area contributed by atoms with Crippen LogP contribution in [0, 0.1) is 6.92 Å². The van der Waals surface area contributed by atoms with Crippen molar-refractivity contribution in [1.29, 1.82) is 0 Å². The Morgan fingerprint density at radius 1 is 1.22 bits per heavy atom. The topological polar surface area (TPSA) is 44.8 Å². The molecule has 0 aliphatic carbocycles. The molecule has 1 N–H and O–H groups in total. The third kappa shape index (κ3) is 3.58. The number of rotatable bonds is 5. The maximum Gasteiger partial charge on any atom is 0.208 e. The molecular formula is C13H18N4S. The van der Waals surface area contributed by atoms with Gasteiger partial charge in [-0.1, -0.05) is 41.6 Å². The second kappa shape index (κ2) is 6.02. The van der Waals surface area contributed by atoms with Crippen LogP contribution in [0.4, 0.5) is 0 Å². The van der Waals surface area contributed by atoms with Crippen LogP contribution < -0.4 is 0 Å². The molecule has 5 heteroatoms. The predicted molar refractivity (Wildman–Crippen MR) is 75.8 cm³/mol. The van der Waals surface area contributed by atoms with Crippen molar-refractivity contribution >= 4 is 11.8 Å². The molecule has 0 atom stereocenters. The van der Waals surface area contributed by atoms with Crippen LogP contribution in [0.15, 0.2) is 29.4 Å². The number of nitrogens with zero attached hydrogens (tertiary/aromatic N) is 3. The van der Waals surface area contributed by atoms with Crippen LogP contribution in [0.5, 0.6) is 0 Å². The van der Waals surface area contributed by atoms with Crippen molar-refractivity contribution in [2.24, 2.45) is 0 Å². The highest BCUT2D eigenvalue weighted by Crippen LogP contribution is 2.19. The zero-order chi connectivity index (χ0) is 13.0. The van der Waals surface area contributed by atoms with Crippen LogP contribution in [-0.4, -0.2) is 46.5 Å². The lowest BCUT2D eigenvalue weighted by molar-refractivity contribution is 0.437. The Morgan fingerprint density at radius 2 is 1.94 bits per heavy atom. The van der Waals surface area contributed by atoms with Crippen molar-refractivity contribution in [2.45, 2.75) is 12.1 Å². The van der Waals surface area contributed by atoms with Gasteiger partial charge in [0, 0.05) is 17.9 Å².